The predicted octanol–water partition coefficient (Wildman–Crippen LogP) is 6.12. The van der Waals surface area contributed by atoms with Crippen LogP contribution in [0.4, 0.5) is 0 Å². The van der Waals surface area contributed by atoms with Crippen molar-refractivity contribution in [2.45, 2.75) is 65.2 Å². The zero-order valence-corrected chi connectivity index (χ0v) is 15.1. The summed E-state index contributed by atoms with van der Waals surface area (Å²) in [7, 11) is 0. The molecule has 0 fully saturated rings. The summed E-state index contributed by atoms with van der Waals surface area (Å²) >= 11 is 0. The molecule has 0 saturated carbocycles. The summed E-state index contributed by atoms with van der Waals surface area (Å²) in [6.07, 6.45) is 23.6. The van der Waals surface area contributed by atoms with Crippen LogP contribution in [0.2, 0.25) is 0 Å². The van der Waals surface area contributed by atoms with Gasteiger partial charge in [-0.15, -0.1) is 0 Å². The molecule has 0 spiro atoms. The van der Waals surface area contributed by atoms with Crippen molar-refractivity contribution in [3.63, 3.8) is 0 Å². The molecule has 0 heterocycles. The summed E-state index contributed by atoms with van der Waals surface area (Å²) in [6, 6.07) is 0. The van der Waals surface area contributed by atoms with E-state index in [1.54, 1.807) is 11.1 Å². The second-order valence-corrected chi connectivity index (χ2v) is 5.12. The van der Waals surface area contributed by atoms with Gasteiger partial charge < -0.3 is 0 Å². The van der Waals surface area contributed by atoms with Gasteiger partial charge >= 0.3 is 0 Å². The Morgan fingerprint density at radius 2 is 1.21 bits per heavy atom. The largest absolute Gasteiger partial charge is 0.0805 e. The molecule has 19 heavy (non-hydrogen) atoms. The van der Waals surface area contributed by atoms with Gasteiger partial charge in [0.05, 0.1) is 0 Å². The van der Waals surface area contributed by atoms with Crippen LogP contribution < -0.4 is 0 Å². The fourth-order valence-electron chi connectivity index (χ4n) is 2.16. The van der Waals surface area contributed by atoms with Crippen molar-refractivity contribution in [3.05, 3.63) is 47.6 Å². The van der Waals surface area contributed by atoms with Crippen molar-refractivity contribution in [1.29, 1.82) is 0 Å². The Labute approximate surface area is 138 Å². The number of hydrogen-bond donors (Lipinski definition) is 0. The molecule has 0 nitrogen and oxygen atoms in total. The zero-order chi connectivity index (χ0) is 13.1. The van der Waals surface area contributed by atoms with Gasteiger partial charge in [0.2, 0.25) is 0 Å². The monoisotopic (exact) mass is 334 g/mol. The fourth-order valence-corrected chi connectivity index (χ4v) is 2.16. The van der Waals surface area contributed by atoms with E-state index in [-0.39, 0.29) is 26.2 Å². The molecule has 0 aromatic carbocycles. The molecule has 2 aliphatic carbocycles. The molecule has 0 amide bonds. The fraction of sp³-hybridized carbons (Fsp3) is 0.556. The van der Waals surface area contributed by atoms with Gasteiger partial charge in [-0.05, 0) is 38.5 Å². The van der Waals surface area contributed by atoms with Gasteiger partial charge in [-0.3, -0.25) is 0 Å². The minimum absolute atomic E-state index is 0. The maximum atomic E-state index is 2.25. The van der Waals surface area contributed by atoms with Gasteiger partial charge in [-0.1, -0.05) is 74.3 Å². The third-order valence-corrected chi connectivity index (χ3v) is 3.40. The average Bonchev–Trinajstić information content (AvgIpc) is 3.07. The summed E-state index contributed by atoms with van der Waals surface area (Å²) in [6.45, 7) is 4.48. The van der Waals surface area contributed by atoms with Crippen LogP contribution in [0.1, 0.15) is 65.2 Å². The van der Waals surface area contributed by atoms with Crippen molar-refractivity contribution in [1.82, 2.24) is 0 Å². The van der Waals surface area contributed by atoms with Gasteiger partial charge in [0.15, 0.2) is 0 Å². The maximum absolute atomic E-state index is 2.25. The molecule has 2 rings (SSSR count). The van der Waals surface area contributed by atoms with Crippen molar-refractivity contribution in [3.8, 4) is 0 Å². The Kier molecular flexibility index (Phi) is 12.7. The third kappa shape index (κ3) is 9.39. The molecular weight excluding hydrogens is 307 g/mol. The van der Waals surface area contributed by atoms with E-state index in [2.05, 4.69) is 50.3 Å². The second kappa shape index (κ2) is 12.9. The summed E-state index contributed by atoms with van der Waals surface area (Å²) in [5, 5.41) is 0. The predicted molar refractivity (Wildman–Crippen MR) is 82.7 cm³/mol. The van der Waals surface area contributed by atoms with Crippen molar-refractivity contribution in [2.75, 3.05) is 0 Å². The van der Waals surface area contributed by atoms with E-state index in [0.717, 1.165) is 0 Å². The standard InChI is InChI=1S/2C9H14.Zr/c2*1-2-3-6-9-7-4-5-8-9;/h2*4-5,7H,2-3,6,8H2,1H3;. The zero-order valence-electron chi connectivity index (χ0n) is 12.6. The molecule has 0 aliphatic heterocycles. The van der Waals surface area contributed by atoms with E-state index in [9.17, 15) is 0 Å². The molecule has 0 saturated heterocycles. The Hall–Kier alpha value is -0.157. The SMILES string of the molecule is CCCCC1=CC=CC1.CCCCC1=CC=CC1.[Zr]. The van der Waals surface area contributed by atoms with E-state index >= 15 is 0 Å². The number of unbranched alkanes of at least 4 members (excludes halogenated alkanes) is 2. The van der Waals surface area contributed by atoms with E-state index in [1.807, 2.05) is 0 Å². The van der Waals surface area contributed by atoms with Gasteiger partial charge in [-0.2, -0.15) is 0 Å². The minimum Gasteiger partial charge on any atom is -0.0805 e. The molecule has 0 bridgehead atoms. The van der Waals surface area contributed by atoms with Gasteiger partial charge in [0.1, 0.15) is 0 Å². The topological polar surface area (TPSA) is 0 Å². The average molecular weight is 336 g/mol. The van der Waals surface area contributed by atoms with E-state index in [4.69, 9.17) is 0 Å². The molecular formula is C18H28Zr. The first-order valence-electron chi connectivity index (χ1n) is 7.56. The van der Waals surface area contributed by atoms with Crippen LogP contribution in [0, 0.1) is 0 Å². The van der Waals surface area contributed by atoms with E-state index in [0.29, 0.717) is 0 Å². The van der Waals surface area contributed by atoms with Crippen LogP contribution in [0.25, 0.3) is 0 Å². The first-order chi connectivity index (χ1) is 8.86. The van der Waals surface area contributed by atoms with E-state index < -0.39 is 0 Å². The molecule has 0 radical (unpaired) electrons. The van der Waals surface area contributed by atoms with Gasteiger partial charge in [0.25, 0.3) is 0 Å². The Balaban J connectivity index is 0.000000324. The van der Waals surface area contributed by atoms with Crippen molar-refractivity contribution in [2.24, 2.45) is 0 Å². The molecule has 104 valence electrons. The number of hydrogen-bond acceptors (Lipinski definition) is 0. The number of rotatable bonds is 6. The molecule has 0 atom stereocenters. The minimum atomic E-state index is 0. The second-order valence-electron chi connectivity index (χ2n) is 5.12. The van der Waals surface area contributed by atoms with E-state index in [1.165, 1.54) is 51.4 Å². The van der Waals surface area contributed by atoms with Crippen LogP contribution in [0.5, 0.6) is 0 Å². The normalized spacial score (nSPS) is 15.5. The number of allylic oxidation sites excluding steroid dienone is 8. The Bertz CT molecular complexity index is 298. The van der Waals surface area contributed by atoms with Crippen LogP contribution in [0.15, 0.2) is 47.6 Å². The molecule has 0 aromatic rings. The van der Waals surface area contributed by atoms with Crippen LogP contribution in [-0.4, -0.2) is 0 Å². The molecule has 0 aromatic heterocycles. The summed E-state index contributed by atoms with van der Waals surface area (Å²) in [4.78, 5) is 0. The first-order valence-corrected chi connectivity index (χ1v) is 7.56. The van der Waals surface area contributed by atoms with Crippen molar-refractivity contribution < 1.29 is 26.2 Å². The summed E-state index contributed by atoms with van der Waals surface area (Å²) in [5.41, 5.74) is 3.22. The van der Waals surface area contributed by atoms with Gasteiger partial charge in [0, 0.05) is 26.2 Å². The van der Waals surface area contributed by atoms with Crippen molar-refractivity contribution >= 4 is 0 Å². The Morgan fingerprint density at radius 1 is 0.789 bits per heavy atom. The molecule has 2 aliphatic rings. The Morgan fingerprint density at radius 3 is 1.47 bits per heavy atom. The smallest absolute Gasteiger partial charge is 0 e. The van der Waals surface area contributed by atoms with Gasteiger partial charge in [-0.25, -0.2) is 0 Å². The first kappa shape index (κ1) is 18.8. The summed E-state index contributed by atoms with van der Waals surface area (Å²) < 4.78 is 0. The molecule has 0 N–H and O–H groups in total. The quantitative estimate of drug-likeness (QED) is 0.548. The molecule has 1 heteroatoms. The van der Waals surface area contributed by atoms with Crippen LogP contribution in [0.3, 0.4) is 0 Å². The summed E-state index contributed by atoms with van der Waals surface area (Å²) in [5.74, 6) is 0. The molecule has 0 unspecified atom stereocenters. The maximum Gasteiger partial charge on any atom is 0 e. The van der Waals surface area contributed by atoms with Crippen LogP contribution >= 0.6 is 0 Å². The third-order valence-electron chi connectivity index (χ3n) is 3.40. The van der Waals surface area contributed by atoms with Crippen LogP contribution in [-0.2, 0) is 26.2 Å².